The SMILES string of the molecule is COc1ccccc1NC(=O)c1cc(N2CCCC2)nc(-c2ccccc2)n1. The van der Waals surface area contributed by atoms with E-state index < -0.39 is 0 Å². The van der Waals surface area contributed by atoms with Crippen molar-refractivity contribution in [2.45, 2.75) is 12.8 Å². The van der Waals surface area contributed by atoms with Crippen LogP contribution in [0.15, 0.2) is 60.7 Å². The molecular formula is C22H22N4O2. The fraction of sp³-hybridized carbons (Fsp3) is 0.227. The predicted octanol–water partition coefficient (Wildman–Crippen LogP) is 4.00. The van der Waals surface area contributed by atoms with Crippen molar-refractivity contribution in [1.29, 1.82) is 0 Å². The van der Waals surface area contributed by atoms with Crippen LogP contribution in [0.3, 0.4) is 0 Å². The van der Waals surface area contributed by atoms with Gasteiger partial charge in [0, 0.05) is 24.7 Å². The highest BCUT2D eigenvalue weighted by Gasteiger charge is 2.19. The molecule has 2 aromatic carbocycles. The Morgan fingerprint density at radius 3 is 2.46 bits per heavy atom. The number of carbonyl (C=O) groups excluding carboxylic acids is 1. The summed E-state index contributed by atoms with van der Waals surface area (Å²) in [4.78, 5) is 24.4. The molecule has 6 nitrogen and oxygen atoms in total. The van der Waals surface area contributed by atoms with Crippen molar-refractivity contribution >= 4 is 17.4 Å². The van der Waals surface area contributed by atoms with Crippen LogP contribution in [0.5, 0.6) is 5.75 Å². The molecule has 0 radical (unpaired) electrons. The average molecular weight is 374 g/mol. The van der Waals surface area contributed by atoms with E-state index in [-0.39, 0.29) is 5.91 Å². The summed E-state index contributed by atoms with van der Waals surface area (Å²) in [6, 6.07) is 18.8. The lowest BCUT2D eigenvalue weighted by molar-refractivity contribution is 0.102. The van der Waals surface area contributed by atoms with E-state index in [9.17, 15) is 4.79 Å². The van der Waals surface area contributed by atoms with Gasteiger partial charge in [0.1, 0.15) is 17.3 Å². The van der Waals surface area contributed by atoms with Crippen LogP contribution in [-0.4, -0.2) is 36.1 Å². The number of hydrogen-bond acceptors (Lipinski definition) is 5. The van der Waals surface area contributed by atoms with Crippen LogP contribution in [-0.2, 0) is 0 Å². The van der Waals surface area contributed by atoms with Gasteiger partial charge in [0.15, 0.2) is 5.82 Å². The summed E-state index contributed by atoms with van der Waals surface area (Å²) in [7, 11) is 1.58. The zero-order valence-corrected chi connectivity index (χ0v) is 15.8. The second-order valence-electron chi connectivity index (χ2n) is 6.65. The second kappa shape index (κ2) is 8.08. The van der Waals surface area contributed by atoms with E-state index in [1.165, 1.54) is 0 Å². The number of methoxy groups -OCH3 is 1. The maximum Gasteiger partial charge on any atom is 0.274 e. The Labute approximate surface area is 164 Å². The van der Waals surface area contributed by atoms with Gasteiger partial charge < -0.3 is 15.0 Å². The monoisotopic (exact) mass is 374 g/mol. The van der Waals surface area contributed by atoms with Crippen molar-refractivity contribution in [2.24, 2.45) is 0 Å². The van der Waals surface area contributed by atoms with Gasteiger partial charge in [-0.2, -0.15) is 0 Å². The number of nitrogens with one attached hydrogen (secondary N) is 1. The van der Waals surface area contributed by atoms with Crippen molar-refractivity contribution in [3.05, 3.63) is 66.4 Å². The van der Waals surface area contributed by atoms with Crippen molar-refractivity contribution in [3.8, 4) is 17.1 Å². The van der Waals surface area contributed by atoms with E-state index in [0.29, 0.717) is 23.0 Å². The number of ether oxygens (including phenoxy) is 1. The van der Waals surface area contributed by atoms with E-state index in [1.54, 1.807) is 25.3 Å². The van der Waals surface area contributed by atoms with Crippen molar-refractivity contribution in [3.63, 3.8) is 0 Å². The molecule has 1 N–H and O–H groups in total. The lowest BCUT2D eigenvalue weighted by atomic mass is 10.2. The number of aromatic nitrogens is 2. The third-order valence-corrected chi connectivity index (χ3v) is 4.76. The summed E-state index contributed by atoms with van der Waals surface area (Å²) in [5.74, 6) is 1.66. The molecule has 0 aliphatic carbocycles. The topological polar surface area (TPSA) is 67.3 Å². The van der Waals surface area contributed by atoms with Crippen LogP contribution in [0.25, 0.3) is 11.4 Å². The number of nitrogens with zero attached hydrogens (tertiary/aromatic N) is 3. The summed E-state index contributed by atoms with van der Waals surface area (Å²) in [6.07, 6.45) is 2.26. The van der Waals surface area contributed by atoms with Crippen LogP contribution in [0.1, 0.15) is 23.3 Å². The van der Waals surface area contributed by atoms with Crippen LogP contribution in [0.4, 0.5) is 11.5 Å². The Morgan fingerprint density at radius 2 is 1.71 bits per heavy atom. The molecule has 1 fully saturated rings. The molecule has 1 aliphatic rings. The van der Waals surface area contributed by atoms with Gasteiger partial charge in [-0.15, -0.1) is 0 Å². The van der Waals surface area contributed by atoms with Gasteiger partial charge in [-0.1, -0.05) is 42.5 Å². The highest BCUT2D eigenvalue weighted by atomic mass is 16.5. The maximum atomic E-state index is 13.0. The van der Waals surface area contributed by atoms with E-state index in [4.69, 9.17) is 9.72 Å². The van der Waals surface area contributed by atoms with Gasteiger partial charge in [0.2, 0.25) is 0 Å². The minimum atomic E-state index is -0.287. The van der Waals surface area contributed by atoms with E-state index in [2.05, 4.69) is 15.2 Å². The van der Waals surface area contributed by atoms with Gasteiger partial charge in [0.05, 0.1) is 12.8 Å². The van der Waals surface area contributed by atoms with Gasteiger partial charge in [-0.05, 0) is 25.0 Å². The molecular weight excluding hydrogens is 352 g/mol. The highest BCUT2D eigenvalue weighted by molar-refractivity contribution is 6.04. The molecule has 2 heterocycles. The first-order valence-electron chi connectivity index (χ1n) is 9.38. The molecule has 0 bridgehead atoms. The quantitative estimate of drug-likeness (QED) is 0.731. The molecule has 1 aromatic heterocycles. The zero-order valence-electron chi connectivity index (χ0n) is 15.8. The number of rotatable bonds is 5. The van der Waals surface area contributed by atoms with E-state index in [0.717, 1.165) is 37.3 Å². The number of carbonyl (C=O) groups is 1. The fourth-order valence-corrected chi connectivity index (χ4v) is 3.31. The van der Waals surface area contributed by atoms with Gasteiger partial charge >= 0.3 is 0 Å². The standard InChI is InChI=1S/C22H22N4O2/c1-28-19-12-6-5-11-17(19)24-22(27)18-15-20(26-13-7-8-14-26)25-21(23-18)16-9-3-2-4-10-16/h2-6,9-12,15H,7-8,13-14H2,1H3,(H,24,27). The third-order valence-electron chi connectivity index (χ3n) is 4.76. The number of anilines is 2. The Balaban J connectivity index is 1.70. The van der Waals surface area contributed by atoms with E-state index in [1.807, 2.05) is 42.5 Å². The molecule has 0 saturated carbocycles. The maximum absolute atomic E-state index is 13.0. The second-order valence-corrected chi connectivity index (χ2v) is 6.65. The lowest BCUT2D eigenvalue weighted by Gasteiger charge is -2.18. The first-order valence-corrected chi connectivity index (χ1v) is 9.38. The van der Waals surface area contributed by atoms with Crippen molar-refractivity contribution in [2.75, 3.05) is 30.4 Å². The fourth-order valence-electron chi connectivity index (χ4n) is 3.31. The molecule has 142 valence electrons. The molecule has 0 spiro atoms. The zero-order chi connectivity index (χ0) is 19.3. The summed E-state index contributed by atoms with van der Waals surface area (Å²) in [6.45, 7) is 1.89. The van der Waals surface area contributed by atoms with E-state index >= 15 is 0 Å². The van der Waals surface area contributed by atoms with Gasteiger partial charge in [-0.3, -0.25) is 4.79 Å². The van der Waals surface area contributed by atoms with Crippen LogP contribution in [0, 0.1) is 0 Å². The normalized spacial score (nSPS) is 13.4. The molecule has 4 rings (SSSR count). The number of benzene rings is 2. The number of hydrogen-bond donors (Lipinski definition) is 1. The number of amides is 1. The van der Waals surface area contributed by atoms with Crippen LogP contribution < -0.4 is 15.0 Å². The minimum absolute atomic E-state index is 0.287. The molecule has 6 heteroatoms. The smallest absolute Gasteiger partial charge is 0.274 e. The average Bonchev–Trinajstić information content (AvgIpc) is 3.29. The summed E-state index contributed by atoms with van der Waals surface area (Å²) < 4.78 is 5.32. The third kappa shape index (κ3) is 3.81. The van der Waals surface area contributed by atoms with Gasteiger partial charge in [0.25, 0.3) is 5.91 Å². The molecule has 3 aromatic rings. The van der Waals surface area contributed by atoms with Crippen molar-refractivity contribution in [1.82, 2.24) is 9.97 Å². The highest BCUT2D eigenvalue weighted by Crippen LogP contribution is 2.26. The molecule has 28 heavy (non-hydrogen) atoms. The molecule has 1 saturated heterocycles. The predicted molar refractivity (Wildman–Crippen MR) is 110 cm³/mol. The van der Waals surface area contributed by atoms with Crippen LogP contribution >= 0.6 is 0 Å². The van der Waals surface area contributed by atoms with Crippen molar-refractivity contribution < 1.29 is 9.53 Å². The Hall–Kier alpha value is -3.41. The Morgan fingerprint density at radius 1 is 1.00 bits per heavy atom. The lowest BCUT2D eigenvalue weighted by Crippen LogP contribution is -2.22. The Kier molecular flexibility index (Phi) is 5.19. The molecule has 0 atom stereocenters. The first-order chi connectivity index (χ1) is 13.7. The van der Waals surface area contributed by atoms with Gasteiger partial charge in [-0.25, -0.2) is 9.97 Å². The summed E-state index contributed by atoms with van der Waals surface area (Å²) in [5.41, 5.74) is 1.83. The first kappa shape index (κ1) is 18.0. The molecule has 1 amide bonds. The largest absolute Gasteiger partial charge is 0.495 e. The molecule has 1 aliphatic heterocycles. The summed E-state index contributed by atoms with van der Waals surface area (Å²) in [5, 5.41) is 2.90. The number of para-hydroxylation sites is 2. The Bertz CT molecular complexity index is 969. The minimum Gasteiger partial charge on any atom is -0.495 e. The summed E-state index contributed by atoms with van der Waals surface area (Å²) >= 11 is 0. The molecule has 0 unspecified atom stereocenters. The van der Waals surface area contributed by atoms with Crippen LogP contribution in [0.2, 0.25) is 0 Å².